The highest BCUT2D eigenvalue weighted by Gasteiger charge is 2.14. The Morgan fingerprint density at radius 2 is 2.00 bits per heavy atom. The normalized spacial score (nSPS) is 18.6. The number of hydrogen-bond donors (Lipinski definition) is 2. The Morgan fingerprint density at radius 1 is 1.32 bits per heavy atom. The van der Waals surface area contributed by atoms with Crippen molar-refractivity contribution in [2.75, 3.05) is 28.7 Å². The molecule has 0 spiro atoms. The van der Waals surface area contributed by atoms with E-state index in [1.165, 1.54) is 17.9 Å². The van der Waals surface area contributed by atoms with E-state index in [-0.39, 0.29) is 11.8 Å². The summed E-state index contributed by atoms with van der Waals surface area (Å²) in [6.45, 7) is 4.83. The van der Waals surface area contributed by atoms with E-state index in [0.717, 1.165) is 23.8 Å². The fourth-order valence-electron chi connectivity index (χ4n) is 1.96. The Labute approximate surface area is 119 Å². The van der Waals surface area contributed by atoms with Crippen molar-refractivity contribution >= 4 is 29.0 Å². The lowest BCUT2D eigenvalue weighted by atomic mass is 10.1. The standard InChI is InChI=1S/C15H22N2OS/c1-11(2)15(18)17-14-5-3-13(4-6-14)16-9-12-7-8-19-10-12/h3-6,11-12,16H,7-10H2,1-2H3,(H,17,18). The first-order valence-corrected chi connectivity index (χ1v) is 8.03. The van der Waals surface area contributed by atoms with Gasteiger partial charge in [-0.05, 0) is 48.1 Å². The molecule has 1 amide bonds. The van der Waals surface area contributed by atoms with Gasteiger partial charge in [-0.1, -0.05) is 13.8 Å². The molecule has 1 aliphatic rings. The molecule has 0 bridgehead atoms. The topological polar surface area (TPSA) is 41.1 Å². The quantitative estimate of drug-likeness (QED) is 0.867. The predicted molar refractivity (Wildman–Crippen MR) is 83.8 cm³/mol. The second-order valence-electron chi connectivity index (χ2n) is 5.33. The summed E-state index contributed by atoms with van der Waals surface area (Å²) in [7, 11) is 0. The third-order valence-electron chi connectivity index (χ3n) is 3.30. The molecule has 1 aliphatic heterocycles. The molecular formula is C15H22N2OS. The maximum absolute atomic E-state index is 11.6. The van der Waals surface area contributed by atoms with Gasteiger partial charge in [0.1, 0.15) is 0 Å². The minimum atomic E-state index is 0.0117. The van der Waals surface area contributed by atoms with Crippen LogP contribution in [0.15, 0.2) is 24.3 Å². The van der Waals surface area contributed by atoms with E-state index in [9.17, 15) is 4.79 Å². The molecule has 1 aromatic rings. The minimum Gasteiger partial charge on any atom is -0.385 e. The number of carbonyl (C=O) groups is 1. The maximum atomic E-state index is 11.6. The van der Waals surface area contributed by atoms with Crippen LogP contribution in [0.25, 0.3) is 0 Å². The van der Waals surface area contributed by atoms with E-state index < -0.39 is 0 Å². The van der Waals surface area contributed by atoms with Crippen molar-refractivity contribution in [1.29, 1.82) is 0 Å². The van der Waals surface area contributed by atoms with E-state index in [4.69, 9.17) is 0 Å². The Kier molecular flexibility index (Phi) is 5.14. The Morgan fingerprint density at radius 3 is 2.58 bits per heavy atom. The molecule has 2 rings (SSSR count). The summed E-state index contributed by atoms with van der Waals surface area (Å²) in [5.41, 5.74) is 1.99. The van der Waals surface area contributed by atoms with Gasteiger partial charge in [0.15, 0.2) is 0 Å². The summed E-state index contributed by atoms with van der Waals surface area (Å²) >= 11 is 2.04. The van der Waals surface area contributed by atoms with Crippen molar-refractivity contribution in [1.82, 2.24) is 0 Å². The molecule has 104 valence electrons. The van der Waals surface area contributed by atoms with Gasteiger partial charge >= 0.3 is 0 Å². The lowest BCUT2D eigenvalue weighted by molar-refractivity contribution is -0.118. The van der Waals surface area contributed by atoms with Crippen molar-refractivity contribution in [2.24, 2.45) is 11.8 Å². The number of hydrogen-bond acceptors (Lipinski definition) is 3. The van der Waals surface area contributed by atoms with E-state index in [2.05, 4.69) is 10.6 Å². The fraction of sp³-hybridized carbons (Fsp3) is 0.533. The number of thioether (sulfide) groups is 1. The largest absolute Gasteiger partial charge is 0.385 e. The van der Waals surface area contributed by atoms with Crippen LogP contribution >= 0.6 is 11.8 Å². The first-order valence-electron chi connectivity index (χ1n) is 6.87. The van der Waals surface area contributed by atoms with Gasteiger partial charge in [0.05, 0.1) is 0 Å². The molecule has 1 heterocycles. The summed E-state index contributed by atoms with van der Waals surface area (Å²) in [4.78, 5) is 11.6. The Bertz CT molecular complexity index is 411. The molecule has 19 heavy (non-hydrogen) atoms. The van der Waals surface area contributed by atoms with Crippen LogP contribution in [0.5, 0.6) is 0 Å². The lowest BCUT2D eigenvalue weighted by Gasteiger charge is -2.12. The molecule has 1 saturated heterocycles. The van der Waals surface area contributed by atoms with Gasteiger partial charge in [-0.2, -0.15) is 11.8 Å². The zero-order valence-corrected chi connectivity index (χ0v) is 12.4. The Hall–Kier alpha value is -1.16. The van der Waals surface area contributed by atoms with E-state index in [0.29, 0.717) is 0 Å². The third kappa shape index (κ3) is 4.46. The van der Waals surface area contributed by atoms with Gasteiger partial charge in [-0.15, -0.1) is 0 Å². The van der Waals surface area contributed by atoms with Gasteiger partial charge in [-0.3, -0.25) is 4.79 Å². The van der Waals surface area contributed by atoms with Gasteiger partial charge in [-0.25, -0.2) is 0 Å². The molecule has 3 nitrogen and oxygen atoms in total. The van der Waals surface area contributed by atoms with Crippen LogP contribution in [0, 0.1) is 11.8 Å². The SMILES string of the molecule is CC(C)C(=O)Nc1ccc(NCC2CCSC2)cc1. The van der Waals surface area contributed by atoms with Crippen molar-refractivity contribution in [3.8, 4) is 0 Å². The Balaban J connectivity index is 1.82. The highest BCUT2D eigenvalue weighted by molar-refractivity contribution is 7.99. The van der Waals surface area contributed by atoms with E-state index in [1.54, 1.807) is 0 Å². The monoisotopic (exact) mass is 278 g/mol. The number of amides is 1. The summed E-state index contributed by atoms with van der Waals surface area (Å²) in [5, 5.41) is 6.36. The van der Waals surface area contributed by atoms with Crippen LogP contribution < -0.4 is 10.6 Å². The molecule has 2 N–H and O–H groups in total. The molecule has 0 saturated carbocycles. The zero-order valence-electron chi connectivity index (χ0n) is 11.6. The average molecular weight is 278 g/mol. The molecule has 0 aromatic heterocycles. The summed E-state index contributed by atoms with van der Waals surface area (Å²) < 4.78 is 0. The second-order valence-corrected chi connectivity index (χ2v) is 6.48. The number of nitrogens with one attached hydrogen (secondary N) is 2. The smallest absolute Gasteiger partial charge is 0.226 e. The molecular weight excluding hydrogens is 256 g/mol. The van der Waals surface area contributed by atoms with Crippen LogP contribution in [0.3, 0.4) is 0 Å². The first kappa shape index (κ1) is 14.3. The summed E-state index contributed by atoms with van der Waals surface area (Å²) in [6, 6.07) is 7.95. The predicted octanol–water partition coefficient (Wildman–Crippen LogP) is 3.45. The summed E-state index contributed by atoms with van der Waals surface area (Å²) in [6.07, 6.45) is 1.32. The maximum Gasteiger partial charge on any atom is 0.226 e. The van der Waals surface area contributed by atoms with E-state index in [1.807, 2.05) is 49.9 Å². The van der Waals surface area contributed by atoms with Gasteiger partial charge in [0, 0.05) is 23.8 Å². The highest BCUT2D eigenvalue weighted by Crippen LogP contribution is 2.24. The summed E-state index contributed by atoms with van der Waals surface area (Å²) in [5.74, 6) is 3.44. The van der Waals surface area contributed by atoms with Crippen molar-refractivity contribution in [2.45, 2.75) is 20.3 Å². The van der Waals surface area contributed by atoms with Crippen molar-refractivity contribution in [3.05, 3.63) is 24.3 Å². The van der Waals surface area contributed by atoms with Crippen LogP contribution in [-0.4, -0.2) is 24.0 Å². The molecule has 1 atom stereocenters. The van der Waals surface area contributed by atoms with Crippen LogP contribution in [0.2, 0.25) is 0 Å². The molecule has 0 radical (unpaired) electrons. The number of anilines is 2. The highest BCUT2D eigenvalue weighted by atomic mass is 32.2. The molecule has 1 aromatic carbocycles. The minimum absolute atomic E-state index is 0.0117. The number of rotatable bonds is 5. The fourth-order valence-corrected chi connectivity index (χ4v) is 3.25. The molecule has 0 aliphatic carbocycles. The van der Waals surface area contributed by atoms with E-state index >= 15 is 0 Å². The zero-order chi connectivity index (χ0) is 13.7. The number of carbonyl (C=O) groups excluding carboxylic acids is 1. The van der Waals surface area contributed by atoms with Gasteiger partial charge in [0.2, 0.25) is 5.91 Å². The van der Waals surface area contributed by atoms with Crippen LogP contribution in [0.4, 0.5) is 11.4 Å². The lowest BCUT2D eigenvalue weighted by Crippen LogP contribution is -2.17. The van der Waals surface area contributed by atoms with Crippen molar-refractivity contribution < 1.29 is 4.79 Å². The second kappa shape index (κ2) is 6.85. The van der Waals surface area contributed by atoms with Crippen LogP contribution in [0.1, 0.15) is 20.3 Å². The average Bonchev–Trinajstić information content (AvgIpc) is 2.91. The molecule has 4 heteroatoms. The number of benzene rings is 1. The molecule has 1 fully saturated rings. The van der Waals surface area contributed by atoms with Gasteiger partial charge < -0.3 is 10.6 Å². The van der Waals surface area contributed by atoms with Gasteiger partial charge in [0.25, 0.3) is 0 Å². The van der Waals surface area contributed by atoms with Crippen LogP contribution in [-0.2, 0) is 4.79 Å². The first-order chi connectivity index (χ1) is 9.15. The molecule has 1 unspecified atom stereocenters. The van der Waals surface area contributed by atoms with Crippen molar-refractivity contribution in [3.63, 3.8) is 0 Å². The third-order valence-corrected chi connectivity index (χ3v) is 4.53.